The minimum absolute atomic E-state index is 0.0435. The SMILES string of the molecule is Cc1c(F)cc(C2(CN)CCCC2)cc1Cl. The van der Waals surface area contributed by atoms with E-state index < -0.39 is 0 Å². The molecule has 0 saturated heterocycles. The Hall–Kier alpha value is -0.600. The molecule has 1 saturated carbocycles. The maximum atomic E-state index is 13.7. The van der Waals surface area contributed by atoms with Crippen LogP contribution in [-0.4, -0.2) is 6.54 Å². The van der Waals surface area contributed by atoms with Crippen LogP contribution in [0, 0.1) is 12.7 Å². The van der Waals surface area contributed by atoms with Crippen molar-refractivity contribution in [3.8, 4) is 0 Å². The highest BCUT2D eigenvalue weighted by molar-refractivity contribution is 6.31. The summed E-state index contributed by atoms with van der Waals surface area (Å²) in [6, 6.07) is 3.50. The molecule has 1 aromatic carbocycles. The Balaban J connectivity index is 2.47. The summed E-state index contributed by atoms with van der Waals surface area (Å²) < 4.78 is 13.7. The van der Waals surface area contributed by atoms with Crippen LogP contribution in [-0.2, 0) is 5.41 Å². The summed E-state index contributed by atoms with van der Waals surface area (Å²) in [5.41, 5.74) is 7.33. The Morgan fingerprint density at radius 2 is 2.00 bits per heavy atom. The summed E-state index contributed by atoms with van der Waals surface area (Å²) >= 11 is 6.04. The largest absolute Gasteiger partial charge is 0.330 e. The minimum atomic E-state index is -0.220. The topological polar surface area (TPSA) is 26.0 Å². The molecule has 1 fully saturated rings. The molecule has 2 rings (SSSR count). The Kier molecular flexibility index (Phi) is 3.22. The lowest BCUT2D eigenvalue weighted by atomic mass is 9.79. The summed E-state index contributed by atoms with van der Waals surface area (Å²) in [5.74, 6) is -0.220. The van der Waals surface area contributed by atoms with Crippen LogP contribution in [0.3, 0.4) is 0 Å². The van der Waals surface area contributed by atoms with Crippen molar-refractivity contribution in [3.05, 3.63) is 34.1 Å². The number of rotatable bonds is 2. The van der Waals surface area contributed by atoms with E-state index in [2.05, 4.69) is 0 Å². The number of nitrogens with two attached hydrogens (primary N) is 1. The molecule has 0 aromatic heterocycles. The third-order valence-corrected chi connectivity index (χ3v) is 4.24. The monoisotopic (exact) mass is 241 g/mol. The molecule has 0 atom stereocenters. The van der Waals surface area contributed by atoms with E-state index in [0.29, 0.717) is 17.1 Å². The molecular formula is C13H17ClFN. The Labute approximate surface area is 101 Å². The van der Waals surface area contributed by atoms with Gasteiger partial charge in [-0.25, -0.2) is 4.39 Å². The second-order valence-corrected chi connectivity index (χ2v) is 5.16. The van der Waals surface area contributed by atoms with Gasteiger partial charge in [0.1, 0.15) is 5.82 Å². The third kappa shape index (κ3) is 1.85. The highest BCUT2D eigenvalue weighted by atomic mass is 35.5. The van der Waals surface area contributed by atoms with Gasteiger partial charge in [-0.15, -0.1) is 0 Å². The van der Waals surface area contributed by atoms with Crippen molar-refractivity contribution in [2.24, 2.45) is 5.73 Å². The van der Waals surface area contributed by atoms with E-state index in [1.165, 1.54) is 12.8 Å². The molecule has 88 valence electrons. The maximum Gasteiger partial charge on any atom is 0.127 e. The van der Waals surface area contributed by atoms with E-state index in [1.807, 2.05) is 6.07 Å². The molecule has 0 heterocycles. The van der Waals surface area contributed by atoms with Crippen molar-refractivity contribution in [2.75, 3.05) is 6.54 Å². The molecule has 3 heteroatoms. The van der Waals surface area contributed by atoms with Crippen LogP contribution in [0.2, 0.25) is 5.02 Å². The van der Waals surface area contributed by atoms with Gasteiger partial charge in [-0.3, -0.25) is 0 Å². The molecule has 0 bridgehead atoms. The van der Waals surface area contributed by atoms with Gasteiger partial charge in [0.15, 0.2) is 0 Å². The lowest BCUT2D eigenvalue weighted by Crippen LogP contribution is -2.32. The van der Waals surface area contributed by atoms with E-state index >= 15 is 0 Å². The summed E-state index contributed by atoms with van der Waals surface area (Å²) in [5, 5.41) is 0.509. The van der Waals surface area contributed by atoms with Gasteiger partial charge in [0, 0.05) is 22.5 Å². The Morgan fingerprint density at radius 3 is 2.50 bits per heavy atom. The third-order valence-electron chi connectivity index (χ3n) is 3.84. The number of benzene rings is 1. The van der Waals surface area contributed by atoms with Crippen molar-refractivity contribution < 1.29 is 4.39 Å². The van der Waals surface area contributed by atoms with Crippen molar-refractivity contribution in [2.45, 2.75) is 38.0 Å². The van der Waals surface area contributed by atoms with Gasteiger partial charge in [-0.1, -0.05) is 24.4 Å². The summed E-state index contributed by atoms with van der Waals surface area (Å²) in [6.45, 7) is 2.27. The smallest absolute Gasteiger partial charge is 0.127 e. The number of hydrogen-bond acceptors (Lipinski definition) is 1. The highest BCUT2D eigenvalue weighted by Crippen LogP contribution is 2.41. The fourth-order valence-corrected chi connectivity index (χ4v) is 2.82. The quantitative estimate of drug-likeness (QED) is 0.842. The van der Waals surface area contributed by atoms with Crippen LogP contribution >= 0.6 is 11.6 Å². The lowest BCUT2D eigenvalue weighted by molar-refractivity contribution is 0.449. The predicted molar refractivity (Wildman–Crippen MR) is 65.3 cm³/mol. The van der Waals surface area contributed by atoms with Gasteiger partial charge in [0.25, 0.3) is 0 Å². The van der Waals surface area contributed by atoms with Gasteiger partial charge in [-0.05, 0) is 37.5 Å². The van der Waals surface area contributed by atoms with Crippen molar-refractivity contribution in [1.29, 1.82) is 0 Å². The van der Waals surface area contributed by atoms with Crippen LogP contribution in [0.4, 0.5) is 4.39 Å². The van der Waals surface area contributed by atoms with Gasteiger partial charge in [0.05, 0.1) is 0 Å². The molecule has 0 radical (unpaired) electrons. The molecule has 0 aliphatic heterocycles. The Morgan fingerprint density at radius 1 is 1.38 bits per heavy atom. The second-order valence-electron chi connectivity index (χ2n) is 4.76. The number of hydrogen-bond donors (Lipinski definition) is 1. The summed E-state index contributed by atoms with van der Waals surface area (Å²) in [4.78, 5) is 0. The highest BCUT2D eigenvalue weighted by Gasteiger charge is 2.34. The molecular weight excluding hydrogens is 225 g/mol. The average Bonchev–Trinajstić information content (AvgIpc) is 2.75. The van der Waals surface area contributed by atoms with Gasteiger partial charge < -0.3 is 5.73 Å². The maximum absolute atomic E-state index is 13.7. The zero-order valence-electron chi connectivity index (χ0n) is 9.52. The first kappa shape index (κ1) is 11.9. The van der Waals surface area contributed by atoms with E-state index in [-0.39, 0.29) is 11.2 Å². The van der Waals surface area contributed by atoms with E-state index in [0.717, 1.165) is 18.4 Å². The predicted octanol–water partition coefficient (Wildman–Crippen LogP) is 3.56. The van der Waals surface area contributed by atoms with E-state index in [1.54, 1.807) is 13.0 Å². The van der Waals surface area contributed by atoms with Crippen LogP contribution in [0.25, 0.3) is 0 Å². The molecule has 1 nitrogen and oxygen atoms in total. The Bertz CT molecular complexity index is 374. The second kappa shape index (κ2) is 4.34. The number of halogens is 2. The summed E-state index contributed by atoms with van der Waals surface area (Å²) in [6.07, 6.45) is 4.43. The first-order valence-corrected chi connectivity index (χ1v) is 6.13. The average molecular weight is 242 g/mol. The normalized spacial score (nSPS) is 19.0. The first-order chi connectivity index (χ1) is 7.59. The minimum Gasteiger partial charge on any atom is -0.330 e. The van der Waals surface area contributed by atoms with Crippen LogP contribution in [0.1, 0.15) is 36.8 Å². The van der Waals surface area contributed by atoms with Crippen LogP contribution in [0.5, 0.6) is 0 Å². The van der Waals surface area contributed by atoms with Crippen LogP contribution < -0.4 is 5.73 Å². The van der Waals surface area contributed by atoms with Crippen LogP contribution in [0.15, 0.2) is 12.1 Å². The lowest BCUT2D eigenvalue weighted by Gasteiger charge is -2.28. The molecule has 1 aromatic rings. The molecule has 0 spiro atoms. The zero-order chi connectivity index (χ0) is 11.8. The van der Waals surface area contributed by atoms with Crippen molar-refractivity contribution in [1.82, 2.24) is 0 Å². The van der Waals surface area contributed by atoms with Crippen molar-refractivity contribution >= 4 is 11.6 Å². The first-order valence-electron chi connectivity index (χ1n) is 5.75. The zero-order valence-corrected chi connectivity index (χ0v) is 10.3. The molecule has 0 unspecified atom stereocenters. The van der Waals surface area contributed by atoms with E-state index in [4.69, 9.17) is 17.3 Å². The molecule has 0 amide bonds. The fourth-order valence-electron chi connectivity index (χ4n) is 2.61. The summed E-state index contributed by atoms with van der Waals surface area (Å²) in [7, 11) is 0. The standard InChI is InChI=1S/C13H17ClFN/c1-9-11(14)6-10(7-12(9)15)13(8-16)4-2-3-5-13/h6-7H,2-5,8,16H2,1H3. The fraction of sp³-hybridized carbons (Fsp3) is 0.538. The van der Waals surface area contributed by atoms with Gasteiger partial charge >= 0.3 is 0 Å². The molecule has 1 aliphatic rings. The van der Waals surface area contributed by atoms with Gasteiger partial charge in [-0.2, -0.15) is 0 Å². The molecule has 1 aliphatic carbocycles. The van der Waals surface area contributed by atoms with E-state index in [9.17, 15) is 4.39 Å². The molecule has 16 heavy (non-hydrogen) atoms. The molecule has 2 N–H and O–H groups in total. The van der Waals surface area contributed by atoms with Crippen molar-refractivity contribution in [3.63, 3.8) is 0 Å². The van der Waals surface area contributed by atoms with Gasteiger partial charge in [0.2, 0.25) is 0 Å².